The molecule has 0 saturated carbocycles. The van der Waals surface area contributed by atoms with Gasteiger partial charge in [0.1, 0.15) is 0 Å². The van der Waals surface area contributed by atoms with E-state index in [9.17, 15) is 0 Å². The summed E-state index contributed by atoms with van der Waals surface area (Å²) in [6, 6.07) is 26.6. The van der Waals surface area contributed by atoms with Gasteiger partial charge in [-0.3, -0.25) is 0 Å². The third kappa shape index (κ3) is 3.04. The molecule has 0 unspecified atom stereocenters. The highest BCUT2D eigenvalue weighted by atomic mass is 79.9. The molecule has 3 aromatic rings. The van der Waals surface area contributed by atoms with Crippen molar-refractivity contribution >= 4 is 15.9 Å². The molecule has 3 rings (SSSR count). The number of nitrogens with zero attached hydrogens (tertiary/aromatic N) is 1. The van der Waals surface area contributed by atoms with Crippen LogP contribution in [0, 0.1) is 11.3 Å². The van der Waals surface area contributed by atoms with Crippen molar-refractivity contribution in [3.63, 3.8) is 0 Å². The Morgan fingerprint density at radius 2 is 1.33 bits per heavy atom. The van der Waals surface area contributed by atoms with Crippen molar-refractivity contribution in [2.24, 2.45) is 0 Å². The zero-order valence-corrected chi connectivity index (χ0v) is 12.8. The van der Waals surface area contributed by atoms with Gasteiger partial charge in [-0.1, -0.05) is 64.5 Å². The van der Waals surface area contributed by atoms with Crippen LogP contribution in [0.4, 0.5) is 0 Å². The van der Waals surface area contributed by atoms with Gasteiger partial charge >= 0.3 is 0 Å². The van der Waals surface area contributed by atoms with Crippen LogP contribution in [0.15, 0.2) is 77.3 Å². The van der Waals surface area contributed by atoms with Gasteiger partial charge in [0.05, 0.1) is 11.6 Å². The van der Waals surface area contributed by atoms with E-state index in [2.05, 4.69) is 52.3 Å². The van der Waals surface area contributed by atoms with Crippen molar-refractivity contribution in [2.45, 2.75) is 0 Å². The Bertz CT molecular complexity index is 816. The van der Waals surface area contributed by atoms with Crippen molar-refractivity contribution in [2.75, 3.05) is 0 Å². The third-order valence-electron chi connectivity index (χ3n) is 3.33. The predicted octanol–water partition coefficient (Wildman–Crippen LogP) is 5.65. The standard InChI is InChI=1S/C19H12BrN/c20-19-10-14(13-21)9-18(12-19)17-8-4-7-16(11-17)15-5-2-1-3-6-15/h1-12H. The summed E-state index contributed by atoms with van der Waals surface area (Å²) in [4.78, 5) is 0. The van der Waals surface area contributed by atoms with Crippen LogP contribution >= 0.6 is 15.9 Å². The van der Waals surface area contributed by atoms with Crippen molar-refractivity contribution in [1.29, 1.82) is 5.26 Å². The maximum absolute atomic E-state index is 9.10. The zero-order chi connectivity index (χ0) is 14.7. The van der Waals surface area contributed by atoms with Crippen LogP contribution in [0.3, 0.4) is 0 Å². The maximum Gasteiger partial charge on any atom is 0.0992 e. The average molecular weight is 334 g/mol. The molecule has 0 N–H and O–H groups in total. The summed E-state index contributed by atoms with van der Waals surface area (Å²) in [6.07, 6.45) is 0. The van der Waals surface area contributed by atoms with Crippen LogP contribution in [-0.4, -0.2) is 0 Å². The van der Waals surface area contributed by atoms with Crippen LogP contribution in [-0.2, 0) is 0 Å². The van der Waals surface area contributed by atoms with Crippen molar-refractivity contribution in [1.82, 2.24) is 0 Å². The molecule has 21 heavy (non-hydrogen) atoms. The van der Waals surface area contributed by atoms with E-state index in [1.807, 2.05) is 42.5 Å². The zero-order valence-electron chi connectivity index (χ0n) is 11.3. The average Bonchev–Trinajstić information content (AvgIpc) is 2.55. The Morgan fingerprint density at radius 1 is 0.667 bits per heavy atom. The molecule has 3 aromatic carbocycles. The van der Waals surface area contributed by atoms with Crippen LogP contribution < -0.4 is 0 Å². The van der Waals surface area contributed by atoms with E-state index in [1.54, 1.807) is 0 Å². The quantitative estimate of drug-likeness (QED) is 0.594. The normalized spacial score (nSPS) is 10.1. The van der Waals surface area contributed by atoms with Crippen LogP contribution in [0.2, 0.25) is 0 Å². The second-order valence-electron chi connectivity index (χ2n) is 4.79. The fourth-order valence-corrected chi connectivity index (χ4v) is 2.82. The first-order chi connectivity index (χ1) is 10.3. The van der Waals surface area contributed by atoms with Gasteiger partial charge in [0.25, 0.3) is 0 Å². The van der Waals surface area contributed by atoms with Crippen LogP contribution in [0.25, 0.3) is 22.3 Å². The summed E-state index contributed by atoms with van der Waals surface area (Å²) in [5, 5.41) is 9.10. The van der Waals surface area contributed by atoms with Crippen molar-refractivity contribution in [3.8, 4) is 28.3 Å². The molecule has 1 nitrogen and oxygen atoms in total. The van der Waals surface area contributed by atoms with Gasteiger partial charge < -0.3 is 0 Å². The number of rotatable bonds is 2. The largest absolute Gasteiger partial charge is 0.192 e. The molecule has 0 spiro atoms. The Balaban J connectivity index is 2.09. The molecule has 2 heteroatoms. The summed E-state index contributed by atoms with van der Waals surface area (Å²) in [7, 11) is 0. The molecule has 0 aliphatic carbocycles. The minimum atomic E-state index is 0.657. The number of nitriles is 1. The van der Waals surface area contributed by atoms with Gasteiger partial charge in [-0.05, 0) is 46.5 Å². The second-order valence-corrected chi connectivity index (χ2v) is 5.70. The Hall–Kier alpha value is -2.37. The summed E-state index contributed by atoms with van der Waals surface area (Å²) in [5.74, 6) is 0. The SMILES string of the molecule is N#Cc1cc(Br)cc(-c2cccc(-c3ccccc3)c2)c1. The van der Waals surface area contributed by atoms with Gasteiger partial charge in [-0.25, -0.2) is 0 Å². The fraction of sp³-hybridized carbons (Fsp3) is 0. The van der Waals surface area contributed by atoms with E-state index in [4.69, 9.17) is 5.26 Å². The van der Waals surface area contributed by atoms with Gasteiger partial charge in [-0.2, -0.15) is 5.26 Å². The van der Waals surface area contributed by atoms with E-state index in [0.29, 0.717) is 5.56 Å². The lowest BCUT2D eigenvalue weighted by Gasteiger charge is -2.07. The maximum atomic E-state index is 9.10. The molecule has 0 aliphatic heterocycles. The second kappa shape index (κ2) is 5.95. The minimum absolute atomic E-state index is 0.657. The highest BCUT2D eigenvalue weighted by molar-refractivity contribution is 9.10. The van der Waals surface area contributed by atoms with Gasteiger partial charge in [-0.15, -0.1) is 0 Å². The Labute approximate surface area is 132 Å². The lowest BCUT2D eigenvalue weighted by Crippen LogP contribution is -1.83. The monoisotopic (exact) mass is 333 g/mol. The molecular weight excluding hydrogens is 322 g/mol. The fourth-order valence-electron chi connectivity index (χ4n) is 2.33. The molecule has 0 amide bonds. The smallest absolute Gasteiger partial charge is 0.0992 e. The lowest BCUT2D eigenvalue weighted by molar-refractivity contribution is 1.47. The highest BCUT2D eigenvalue weighted by Gasteiger charge is 2.04. The molecule has 0 fully saturated rings. The molecular formula is C19H12BrN. The highest BCUT2D eigenvalue weighted by Crippen LogP contribution is 2.28. The summed E-state index contributed by atoms with van der Waals surface area (Å²) < 4.78 is 0.918. The van der Waals surface area contributed by atoms with Crippen LogP contribution in [0.5, 0.6) is 0 Å². The molecule has 0 bridgehead atoms. The topological polar surface area (TPSA) is 23.8 Å². The van der Waals surface area contributed by atoms with Crippen molar-refractivity contribution < 1.29 is 0 Å². The first-order valence-electron chi connectivity index (χ1n) is 6.63. The molecule has 100 valence electrons. The molecule has 0 heterocycles. The van der Waals surface area contributed by atoms with E-state index >= 15 is 0 Å². The van der Waals surface area contributed by atoms with Gasteiger partial charge in [0, 0.05) is 4.47 Å². The number of halogens is 1. The first kappa shape index (κ1) is 13.6. The Morgan fingerprint density at radius 3 is 2.05 bits per heavy atom. The summed E-state index contributed by atoms with van der Waals surface area (Å²) in [5.41, 5.74) is 5.17. The minimum Gasteiger partial charge on any atom is -0.192 e. The number of hydrogen-bond donors (Lipinski definition) is 0. The molecule has 0 saturated heterocycles. The van der Waals surface area contributed by atoms with E-state index in [1.165, 1.54) is 11.1 Å². The Kier molecular flexibility index (Phi) is 3.85. The summed E-state index contributed by atoms with van der Waals surface area (Å²) >= 11 is 3.46. The molecule has 0 aliphatic rings. The first-order valence-corrected chi connectivity index (χ1v) is 7.42. The van der Waals surface area contributed by atoms with E-state index in [-0.39, 0.29) is 0 Å². The molecule has 0 radical (unpaired) electrons. The summed E-state index contributed by atoms with van der Waals surface area (Å²) in [6.45, 7) is 0. The van der Waals surface area contributed by atoms with E-state index < -0.39 is 0 Å². The molecule has 0 aromatic heterocycles. The third-order valence-corrected chi connectivity index (χ3v) is 3.79. The van der Waals surface area contributed by atoms with E-state index in [0.717, 1.165) is 15.6 Å². The number of benzene rings is 3. The molecule has 0 atom stereocenters. The van der Waals surface area contributed by atoms with Crippen molar-refractivity contribution in [3.05, 3.63) is 82.8 Å². The predicted molar refractivity (Wildman–Crippen MR) is 89.7 cm³/mol. The van der Waals surface area contributed by atoms with Crippen LogP contribution in [0.1, 0.15) is 5.56 Å². The lowest BCUT2D eigenvalue weighted by atomic mass is 9.98. The number of hydrogen-bond acceptors (Lipinski definition) is 1. The van der Waals surface area contributed by atoms with Gasteiger partial charge in [0.2, 0.25) is 0 Å². The van der Waals surface area contributed by atoms with Gasteiger partial charge in [0.15, 0.2) is 0 Å².